The summed E-state index contributed by atoms with van der Waals surface area (Å²) in [5, 5.41) is 3.42. The Hall–Kier alpha value is -3.38. The third kappa shape index (κ3) is 3.75. The molecule has 0 bridgehead atoms. The predicted molar refractivity (Wildman–Crippen MR) is 102 cm³/mol. The van der Waals surface area contributed by atoms with E-state index in [1.165, 1.54) is 0 Å². The van der Waals surface area contributed by atoms with Gasteiger partial charge < -0.3 is 9.73 Å². The van der Waals surface area contributed by atoms with Crippen molar-refractivity contribution < 1.29 is 9.21 Å². The summed E-state index contributed by atoms with van der Waals surface area (Å²) in [5.74, 6) is 1.22. The maximum absolute atomic E-state index is 12.4. The normalized spacial score (nSPS) is 10.7. The van der Waals surface area contributed by atoms with E-state index in [1.54, 1.807) is 41.5 Å². The molecule has 1 amide bonds. The number of hydrogen-bond donors (Lipinski definition) is 1. The summed E-state index contributed by atoms with van der Waals surface area (Å²) in [6.45, 7) is 0.352. The van der Waals surface area contributed by atoms with E-state index in [2.05, 4.69) is 15.3 Å². The monoisotopic (exact) mass is 378 g/mol. The number of rotatable bonds is 5. The van der Waals surface area contributed by atoms with E-state index in [1.807, 2.05) is 36.5 Å². The Morgan fingerprint density at radius 1 is 1.15 bits per heavy atom. The molecule has 0 radical (unpaired) electrons. The lowest BCUT2D eigenvalue weighted by atomic mass is 10.2. The fraction of sp³-hybridized carbons (Fsp3) is 0.0500. The lowest BCUT2D eigenvalue weighted by Crippen LogP contribution is -2.22. The van der Waals surface area contributed by atoms with Gasteiger partial charge >= 0.3 is 0 Å². The first-order valence-corrected chi connectivity index (χ1v) is 8.65. The second-order valence-electron chi connectivity index (χ2n) is 5.82. The number of nitrogens with zero attached hydrogens (tertiary/aromatic N) is 3. The highest BCUT2D eigenvalue weighted by Crippen LogP contribution is 2.29. The van der Waals surface area contributed by atoms with E-state index in [0.717, 1.165) is 16.9 Å². The van der Waals surface area contributed by atoms with Crippen LogP contribution in [0.4, 0.5) is 0 Å². The number of hydrogen-bond acceptors (Lipinski definition) is 4. The van der Waals surface area contributed by atoms with Gasteiger partial charge in [-0.3, -0.25) is 9.36 Å². The Morgan fingerprint density at radius 3 is 2.85 bits per heavy atom. The molecular weight excluding hydrogens is 364 g/mol. The average molecular weight is 379 g/mol. The van der Waals surface area contributed by atoms with Crippen molar-refractivity contribution in [2.75, 3.05) is 0 Å². The third-order valence-corrected chi connectivity index (χ3v) is 4.33. The summed E-state index contributed by atoms with van der Waals surface area (Å²) in [6, 6.07) is 14.4. The number of imidazole rings is 1. The Kier molecular flexibility index (Phi) is 4.72. The minimum atomic E-state index is -0.297. The highest BCUT2D eigenvalue weighted by Gasteiger charge is 2.13. The summed E-state index contributed by atoms with van der Waals surface area (Å²) in [7, 11) is 0. The van der Waals surface area contributed by atoms with Crippen molar-refractivity contribution in [3.05, 3.63) is 89.8 Å². The lowest BCUT2D eigenvalue weighted by molar-refractivity contribution is 0.0924. The number of aromatic nitrogens is 3. The van der Waals surface area contributed by atoms with Gasteiger partial charge in [0.05, 0.1) is 5.02 Å². The Balaban J connectivity index is 1.45. The van der Waals surface area contributed by atoms with Crippen LogP contribution in [0.25, 0.3) is 17.1 Å². The van der Waals surface area contributed by atoms with Crippen LogP contribution < -0.4 is 5.32 Å². The molecule has 6 nitrogen and oxygen atoms in total. The maximum Gasteiger partial charge on any atom is 0.287 e. The average Bonchev–Trinajstić information content (AvgIpc) is 3.39. The highest BCUT2D eigenvalue weighted by molar-refractivity contribution is 6.33. The lowest BCUT2D eigenvalue weighted by Gasteiger charge is -2.06. The Bertz CT molecular complexity index is 1070. The molecule has 0 aliphatic rings. The molecule has 4 rings (SSSR count). The first-order valence-electron chi connectivity index (χ1n) is 8.27. The molecule has 1 aromatic carbocycles. The van der Waals surface area contributed by atoms with E-state index < -0.39 is 0 Å². The number of amides is 1. The molecule has 3 aromatic heterocycles. The topological polar surface area (TPSA) is 73.0 Å². The largest absolute Gasteiger partial charge is 0.451 e. The molecule has 134 valence electrons. The molecule has 3 heterocycles. The summed E-state index contributed by atoms with van der Waals surface area (Å²) in [5.41, 5.74) is 1.66. The maximum atomic E-state index is 12.4. The van der Waals surface area contributed by atoms with Crippen LogP contribution in [0.1, 0.15) is 16.1 Å². The van der Waals surface area contributed by atoms with E-state index in [4.69, 9.17) is 16.0 Å². The standard InChI is InChI=1S/C20H15ClN4O2/c21-16-4-2-1-3-15(16)17-5-6-18(27-17)20(26)24-12-14-7-8-23-19(11-14)25-10-9-22-13-25/h1-11,13H,12H2,(H,24,26). The van der Waals surface area contributed by atoms with Crippen molar-refractivity contribution in [1.82, 2.24) is 19.9 Å². The summed E-state index contributed by atoms with van der Waals surface area (Å²) >= 11 is 6.17. The quantitative estimate of drug-likeness (QED) is 0.567. The van der Waals surface area contributed by atoms with Gasteiger partial charge in [0.2, 0.25) is 0 Å². The molecule has 1 N–H and O–H groups in total. The van der Waals surface area contributed by atoms with Gasteiger partial charge in [-0.05, 0) is 42.0 Å². The first kappa shape index (κ1) is 17.1. The van der Waals surface area contributed by atoms with Gasteiger partial charge in [-0.1, -0.05) is 23.7 Å². The van der Waals surface area contributed by atoms with E-state index >= 15 is 0 Å². The molecule has 0 fully saturated rings. The van der Waals surface area contributed by atoms with Crippen molar-refractivity contribution in [3.63, 3.8) is 0 Å². The predicted octanol–water partition coefficient (Wildman–Crippen LogP) is 4.11. The van der Waals surface area contributed by atoms with E-state index in [9.17, 15) is 4.79 Å². The number of carbonyl (C=O) groups is 1. The second-order valence-corrected chi connectivity index (χ2v) is 6.23. The van der Waals surface area contributed by atoms with Gasteiger partial charge in [-0.2, -0.15) is 0 Å². The third-order valence-electron chi connectivity index (χ3n) is 4.00. The van der Waals surface area contributed by atoms with Crippen LogP contribution in [-0.4, -0.2) is 20.4 Å². The number of pyridine rings is 1. The van der Waals surface area contributed by atoms with Gasteiger partial charge in [0.25, 0.3) is 5.91 Å². The highest BCUT2D eigenvalue weighted by atomic mass is 35.5. The van der Waals surface area contributed by atoms with Crippen LogP contribution in [0.15, 0.2) is 77.9 Å². The summed E-state index contributed by atoms with van der Waals surface area (Å²) in [4.78, 5) is 20.7. The Labute approximate surface area is 160 Å². The number of benzene rings is 1. The molecule has 0 spiro atoms. The fourth-order valence-electron chi connectivity index (χ4n) is 2.64. The zero-order valence-electron chi connectivity index (χ0n) is 14.2. The molecule has 0 atom stereocenters. The number of nitrogens with one attached hydrogen (secondary N) is 1. The van der Waals surface area contributed by atoms with Crippen LogP contribution in [-0.2, 0) is 6.54 Å². The van der Waals surface area contributed by atoms with Gasteiger partial charge in [0, 0.05) is 30.7 Å². The zero-order chi connectivity index (χ0) is 18.6. The minimum Gasteiger partial charge on any atom is -0.451 e. The molecule has 7 heteroatoms. The zero-order valence-corrected chi connectivity index (χ0v) is 14.9. The van der Waals surface area contributed by atoms with Crippen LogP contribution in [0.2, 0.25) is 5.02 Å². The summed E-state index contributed by atoms with van der Waals surface area (Å²) < 4.78 is 7.46. The minimum absolute atomic E-state index is 0.230. The molecular formula is C20H15ClN4O2. The van der Waals surface area contributed by atoms with Gasteiger partial charge in [0.1, 0.15) is 17.9 Å². The van der Waals surface area contributed by atoms with E-state index in [0.29, 0.717) is 17.3 Å². The smallest absolute Gasteiger partial charge is 0.287 e. The van der Waals surface area contributed by atoms with Crippen molar-refractivity contribution in [1.29, 1.82) is 0 Å². The van der Waals surface area contributed by atoms with Crippen molar-refractivity contribution in [2.45, 2.75) is 6.54 Å². The van der Waals surface area contributed by atoms with Crippen LogP contribution >= 0.6 is 11.6 Å². The van der Waals surface area contributed by atoms with Gasteiger partial charge in [-0.25, -0.2) is 9.97 Å². The molecule has 0 aliphatic heterocycles. The Morgan fingerprint density at radius 2 is 2.04 bits per heavy atom. The number of furan rings is 1. The van der Waals surface area contributed by atoms with Crippen molar-refractivity contribution in [2.24, 2.45) is 0 Å². The second kappa shape index (κ2) is 7.47. The molecule has 0 saturated carbocycles. The van der Waals surface area contributed by atoms with Crippen molar-refractivity contribution in [3.8, 4) is 17.1 Å². The number of carbonyl (C=O) groups excluding carboxylic acids is 1. The van der Waals surface area contributed by atoms with E-state index in [-0.39, 0.29) is 11.7 Å². The SMILES string of the molecule is O=C(NCc1ccnc(-n2ccnc2)c1)c1ccc(-c2ccccc2Cl)o1. The van der Waals surface area contributed by atoms with Crippen LogP contribution in [0.3, 0.4) is 0 Å². The van der Waals surface area contributed by atoms with Crippen molar-refractivity contribution >= 4 is 17.5 Å². The molecule has 0 saturated heterocycles. The van der Waals surface area contributed by atoms with Gasteiger partial charge in [-0.15, -0.1) is 0 Å². The molecule has 0 aliphatic carbocycles. The van der Waals surface area contributed by atoms with Crippen LogP contribution in [0.5, 0.6) is 0 Å². The van der Waals surface area contributed by atoms with Crippen LogP contribution in [0, 0.1) is 0 Å². The first-order chi connectivity index (χ1) is 13.2. The number of halogens is 1. The fourth-order valence-corrected chi connectivity index (χ4v) is 2.87. The molecule has 4 aromatic rings. The molecule has 27 heavy (non-hydrogen) atoms. The van der Waals surface area contributed by atoms with Gasteiger partial charge in [0.15, 0.2) is 5.76 Å². The summed E-state index contributed by atoms with van der Waals surface area (Å²) in [6.07, 6.45) is 6.86. The molecule has 0 unspecified atom stereocenters.